The molecule has 0 spiro atoms. The van der Waals surface area contributed by atoms with Crippen LogP contribution in [-0.4, -0.2) is 84.8 Å². The molecular weight excluding hydrogens is 454 g/mol. The number of hydrogen-bond acceptors (Lipinski definition) is 5. The second kappa shape index (κ2) is 12.1. The predicted molar refractivity (Wildman–Crippen MR) is 142 cm³/mol. The Morgan fingerprint density at radius 3 is 2.03 bits per heavy atom. The minimum atomic E-state index is -0.270. The summed E-state index contributed by atoms with van der Waals surface area (Å²) in [4.78, 5) is 44.6. The molecule has 0 aromatic heterocycles. The van der Waals surface area contributed by atoms with Crippen molar-refractivity contribution in [2.45, 2.75) is 20.3 Å². The number of nitrogens with zero attached hydrogens (tertiary/aromatic N) is 3. The summed E-state index contributed by atoms with van der Waals surface area (Å²) < 4.78 is 0. The van der Waals surface area contributed by atoms with Gasteiger partial charge in [0.25, 0.3) is 5.91 Å². The first kappa shape index (κ1) is 25.9. The van der Waals surface area contributed by atoms with E-state index in [1.165, 1.54) is 6.42 Å². The van der Waals surface area contributed by atoms with Crippen LogP contribution >= 0.6 is 0 Å². The molecule has 36 heavy (non-hydrogen) atoms. The van der Waals surface area contributed by atoms with E-state index in [1.807, 2.05) is 35.2 Å². The number of anilines is 2. The Bertz CT molecular complexity index is 1040. The largest absolute Gasteiger partial charge is 0.341 e. The average Bonchev–Trinajstić information content (AvgIpc) is 2.85. The van der Waals surface area contributed by atoms with Gasteiger partial charge < -0.3 is 15.5 Å². The lowest BCUT2D eigenvalue weighted by Gasteiger charge is -2.38. The van der Waals surface area contributed by atoms with Crippen LogP contribution in [0.2, 0.25) is 0 Å². The van der Waals surface area contributed by atoms with Crippen molar-refractivity contribution in [2.75, 3.05) is 63.0 Å². The fourth-order valence-corrected chi connectivity index (χ4v) is 5.17. The van der Waals surface area contributed by atoms with Crippen LogP contribution in [0.4, 0.5) is 11.4 Å². The predicted octanol–water partition coefficient (Wildman–Crippen LogP) is 3.00. The first-order valence-corrected chi connectivity index (χ1v) is 12.8. The summed E-state index contributed by atoms with van der Waals surface area (Å²) in [5, 5.41) is 5.77. The maximum atomic E-state index is 12.8. The molecule has 2 aliphatic rings. The molecule has 2 atom stereocenters. The molecule has 192 valence electrons. The second-order valence-electron chi connectivity index (χ2n) is 10.2. The molecular formula is C28H37N5O3. The number of benzene rings is 2. The summed E-state index contributed by atoms with van der Waals surface area (Å²) in [6.07, 6.45) is 1.19. The molecule has 2 heterocycles. The molecule has 3 amide bonds. The molecule has 0 unspecified atom stereocenters. The van der Waals surface area contributed by atoms with Crippen LogP contribution in [0.5, 0.6) is 0 Å². The monoisotopic (exact) mass is 491 g/mol. The van der Waals surface area contributed by atoms with Crippen LogP contribution in [0.25, 0.3) is 0 Å². The summed E-state index contributed by atoms with van der Waals surface area (Å²) >= 11 is 0. The van der Waals surface area contributed by atoms with E-state index in [4.69, 9.17) is 0 Å². The molecule has 0 aliphatic carbocycles. The Hall–Kier alpha value is -3.23. The topological polar surface area (TPSA) is 85.0 Å². The van der Waals surface area contributed by atoms with Gasteiger partial charge in [0.05, 0.1) is 24.3 Å². The molecule has 2 aromatic carbocycles. The maximum absolute atomic E-state index is 12.8. The summed E-state index contributed by atoms with van der Waals surface area (Å²) in [6, 6.07) is 16.3. The number of carbonyl (C=O) groups is 3. The van der Waals surface area contributed by atoms with Gasteiger partial charge in [-0.2, -0.15) is 0 Å². The van der Waals surface area contributed by atoms with Crippen molar-refractivity contribution in [1.82, 2.24) is 14.7 Å². The van der Waals surface area contributed by atoms with E-state index in [-0.39, 0.29) is 24.3 Å². The number of piperazine rings is 1. The van der Waals surface area contributed by atoms with Crippen LogP contribution in [0.15, 0.2) is 54.6 Å². The van der Waals surface area contributed by atoms with E-state index >= 15 is 0 Å². The van der Waals surface area contributed by atoms with Gasteiger partial charge in [0.2, 0.25) is 11.8 Å². The van der Waals surface area contributed by atoms with Crippen molar-refractivity contribution in [1.29, 1.82) is 0 Å². The first-order valence-electron chi connectivity index (χ1n) is 12.8. The van der Waals surface area contributed by atoms with E-state index in [9.17, 15) is 14.4 Å². The van der Waals surface area contributed by atoms with Crippen LogP contribution in [0.1, 0.15) is 30.6 Å². The van der Waals surface area contributed by atoms with Crippen LogP contribution in [0.3, 0.4) is 0 Å². The van der Waals surface area contributed by atoms with Crippen LogP contribution in [0, 0.1) is 11.8 Å². The van der Waals surface area contributed by atoms with Crippen molar-refractivity contribution in [3.63, 3.8) is 0 Å². The quantitative estimate of drug-likeness (QED) is 0.622. The van der Waals surface area contributed by atoms with Gasteiger partial charge >= 0.3 is 0 Å². The van der Waals surface area contributed by atoms with Crippen molar-refractivity contribution in [3.05, 3.63) is 60.2 Å². The third-order valence-corrected chi connectivity index (χ3v) is 6.89. The van der Waals surface area contributed by atoms with E-state index in [1.54, 1.807) is 24.3 Å². The Kier molecular flexibility index (Phi) is 8.72. The number of hydrogen-bond donors (Lipinski definition) is 2. The summed E-state index contributed by atoms with van der Waals surface area (Å²) in [5.74, 6) is 0.902. The Morgan fingerprint density at radius 1 is 0.778 bits per heavy atom. The van der Waals surface area contributed by atoms with E-state index < -0.39 is 0 Å². The second-order valence-corrected chi connectivity index (χ2v) is 10.2. The van der Waals surface area contributed by atoms with Gasteiger partial charge in [-0.25, -0.2) is 0 Å². The number of para-hydroxylation sites is 2. The molecule has 2 fully saturated rings. The SMILES string of the molecule is C[C@H]1C[C@H](C)CN(C(=O)CN2CCN(CC(=O)Nc3ccccc3C(=O)Nc3ccccc3)CC2)C1. The van der Waals surface area contributed by atoms with Gasteiger partial charge in [-0.1, -0.05) is 44.2 Å². The van der Waals surface area contributed by atoms with Crippen LogP contribution in [-0.2, 0) is 9.59 Å². The number of likely N-dealkylation sites (tertiary alicyclic amines) is 1. The van der Waals surface area contributed by atoms with Gasteiger partial charge in [0.1, 0.15) is 0 Å². The zero-order chi connectivity index (χ0) is 25.5. The first-order chi connectivity index (χ1) is 17.4. The summed E-state index contributed by atoms with van der Waals surface area (Å²) in [6.45, 7) is 9.81. The fraction of sp³-hybridized carbons (Fsp3) is 0.464. The number of piperidine rings is 1. The van der Waals surface area contributed by atoms with Gasteiger partial charge in [0.15, 0.2) is 0 Å². The number of carbonyl (C=O) groups excluding carboxylic acids is 3. The van der Waals surface area contributed by atoms with Gasteiger partial charge in [0, 0.05) is 45.0 Å². The van der Waals surface area contributed by atoms with Crippen LogP contribution < -0.4 is 10.6 Å². The highest BCUT2D eigenvalue weighted by Crippen LogP contribution is 2.21. The van der Waals surface area contributed by atoms with E-state index in [0.717, 1.165) is 39.3 Å². The third kappa shape index (κ3) is 7.15. The smallest absolute Gasteiger partial charge is 0.257 e. The molecule has 4 rings (SSSR count). The summed E-state index contributed by atoms with van der Waals surface area (Å²) in [5.41, 5.74) is 1.61. The lowest BCUT2D eigenvalue weighted by atomic mass is 9.92. The molecule has 2 aliphatic heterocycles. The van der Waals surface area contributed by atoms with Crippen molar-refractivity contribution >= 4 is 29.1 Å². The molecule has 0 radical (unpaired) electrons. The fourth-order valence-electron chi connectivity index (χ4n) is 5.17. The number of amides is 3. The lowest BCUT2D eigenvalue weighted by Crippen LogP contribution is -2.52. The molecule has 0 bridgehead atoms. The normalized spacial score (nSPS) is 21.1. The number of rotatable bonds is 7. The molecule has 8 heteroatoms. The standard InChI is InChI=1S/C28H37N5O3/c1-21-16-22(2)18-33(17-21)27(35)20-32-14-12-31(13-15-32)19-26(34)30-25-11-7-6-10-24(25)28(36)29-23-8-4-3-5-9-23/h3-11,21-22H,12-20H2,1-2H3,(H,29,36)(H,30,34)/t21-,22-/m0/s1. The average molecular weight is 492 g/mol. The number of nitrogens with one attached hydrogen (secondary N) is 2. The molecule has 2 N–H and O–H groups in total. The van der Waals surface area contributed by atoms with Crippen molar-refractivity contribution in [3.8, 4) is 0 Å². The highest BCUT2D eigenvalue weighted by Gasteiger charge is 2.28. The van der Waals surface area contributed by atoms with Gasteiger partial charge in [-0.05, 0) is 42.5 Å². The zero-order valence-corrected chi connectivity index (χ0v) is 21.3. The highest BCUT2D eigenvalue weighted by molar-refractivity contribution is 6.10. The lowest BCUT2D eigenvalue weighted by molar-refractivity contribution is -0.135. The molecule has 8 nitrogen and oxygen atoms in total. The summed E-state index contributed by atoms with van der Waals surface area (Å²) in [7, 11) is 0. The van der Waals surface area contributed by atoms with Gasteiger partial charge in [-0.15, -0.1) is 0 Å². The third-order valence-electron chi connectivity index (χ3n) is 6.89. The highest BCUT2D eigenvalue weighted by atomic mass is 16.2. The van der Waals surface area contributed by atoms with E-state index in [0.29, 0.717) is 35.3 Å². The van der Waals surface area contributed by atoms with Crippen molar-refractivity contribution in [2.24, 2.45) is 11.8 Å². The zero-order valence-electron chi connectivity index (χ0n) is 21.3. The minimum absolute atomic E-state index is 0.157. The molecule has 2 saturated heterocycles. The maximum Gasteiger partial charge on any atom is 0.257 e. The molecule has 2 aromatic rings. The van der Waals surface area contributed by atoms with Crippen molar-refractivity contribution < 1.29 is 14.4 Å². The Morgan fingerprint density at radius 2 is 1.36 bits per heavy atom. The van der Waals surface area contributed by atoms with Gasteiger partial charge in [-0.3, -0.25) is 24.2 Å². The van der Waals surface area contributed by atoms with E-state index in [2.05, 4.69) is 34.3 Å². The minimum Gasteiger partial charge on any atom is -0.341 e. The Balaban J connectivity index is 1.24. The molecule has 0 saturated carbocycles. The Labute approximate surface area is 213 Å².